The average Bonchev–Trinajstić information content (AvgIpc) is 2.50. The number of carbonyl (C=O) groups excluding carboxylic acids is 2. The highest BCUT2D eigenvalue weighted by molar-refractivity contribution is 5.99. The van der Waals surface area contributed by atoms with Crippen LogP contribution in [-0.2, 0) is 0 Å². The minimum atomic E-state index is -0.600. The minimum Gasteiger partial charge on any atom is -0.504 e. The minimum absolute atomic E-state index is 0.0693. The molecule has 2 aromatic carbocycles. The third-order valence-electron chi connectivity index (χ3n) is 3.20. The number of phenols is 2. The molecule has 108 valence electrons. The monoisotopic (exact) mass is 285 g/mol. The SMILES string of the molecule is C[C@H](NC(=O)c1ccc(C=O)c(O)c1O)c1ccccc1. The van der Waals surface area contributed by atoms with E-state index in [4.69, 9.17) is 0 Å². The molecular formula is C16H15NO4. The van der Waals surface area contributed by atoms with Crippen molar-refractivity contribution < 1.29 is 19.8 Å². The van der Waals surface area contributed by atoms with Gasteiger partial charge in [-0.25, -0.2) is 0 Å². The number of aldehydes is 1. The van der Waals surface area contributed by atoms with Crippen LogP contribution in [-0.4, -0.2) is 22.4 Å². The van der Waals surface area contributed by atoms with Gasteiger partial charge in [0.05, 0.1) is 17.2 Å². The summed E-state index contributed by atoms with van der Waals surface area (Å²) in [7, 11) is 0. The summed E-state index contributed by atoms with van der Waals surface area (Å²) >= 11 is 0. The molecule has 0 aliphatic heterocycles. The summed E-state index contributed by atoms with van der Waals surface area (Å²) < 4.78 is 0. The van der Waals surface area contributed by atoms with Gasteiger partial charge in [-0.1, -0.05) is 30.3 Å². The van der Waals surface area contributed by atoms with Crippen LogP contribution < -0.4 is 5.32 Å². The van der Waals surface area contributed by atoms with Gasteiger partial charge in [0.2, 0.25) is 0 Å². The molecular weight excluding hydrogens is 270 g/mol. The molecule has 0 saturated carbocycles. The highest BCUT2D eigenvalue weighted by Crippen LogP contribution is 2.32. The quantitative estimate of drug-likeness (QED) is 0.594. The Morgan fingerprint density at radius 3 is 2.38 bits per heavy atom. The van der Waals surface area contributed by atoms with E-state index in [-0.39, 0.29) is 17.2 Å². The van der Waals surface area contributed by atoms with Gasteiger partial charge < -0.3 is 15.5 Å². The largest absolute Gasteiger partial charge is 0.504 e. The van der Waals surface area contributed by atoms with E-state index < -0.39 is 17.4 Å². The van der Waals surface area contributed by atoms with Crippen LogP contribution in [0.4, 0.5) is 0 Å². The first kappa shape index (κ1) is 14.6. The smallest absolute Gasteiger partial charge is 0.255 e. The van der Waals surface area contributed by atoms with Crippen LogP contribution in [0.15, 0.2) is 42.5 Å². The number of aromatic hydroxyl groups is 2. The molecule has 1 atom stereocenters. The summed E-state index contributed by atoms with van der Waals surface area (Å²) in [6.07, 6.45) is 0.406. The van der Waals surface area contributed by atoms with E-state index >= 15 is 0 Å². The van der Waals surface area contributed by atoms with E-state index in [1.54, 1.807) is 0 Å². The first-order chi connectivity index (χ1) is 10.0. The van der Waals surface area contributed by atoms with Crippen molar-refractivity contribution >= 4 is 12.2 Å². The summed E-state index contributed by atoms with van der Waals surface area (Å²) in [5.41, 5.74) is 0.764. The van der Waals surface area contributed by atoms with Gasteiger partial charge in [-0.05, 0) is 24.6 Å². The van der Waals surface area contributed by atoms with Gasteiger partial charge in [-0.3, -0.25) is 9.59 Å². The predicted octanol–water partition coefficient (Wildman–Crippen LogP) is 2.40. The lowest BCUT2D eigenvalue weighted by atomic mass is 10.1. The number of hydrogen-bond acceptors (Lipinski definition) is 4. The lowest BCUT2D eigenvalue weighted by molar-refractivity contribution is 0.0935. The molecule has 1 amide bonds. The summed E-state index contributed by atoms with van der Waals surface area (Å²) in [6, 6.07) is 11.7. The fourth-order valence-electron chi connectivity index (χ4n) is 1.97. The van der Waals surface area contributed by atoms with Crippen molar-refractivity contribution in [3.05, 3.63) is 59.2 Å². The summed E-state index contributed by atoms with van der Waals surface area (Å²) in [5.74, 6) is -1.72. The van der Waals surface area contributed by atoms with Crippen LogP contribution in [0, 0.1) is 0 Å². The lowest BCUT2D eigenvalue weighted by Crippen LogP contribution is -2.26. The van der Waals surface area contributed by atoms with Gasteiger partial charge in [0.15, 0.2) is 17.8 Å². The molecule has 0 heterocycles. The number of amides is 1. The first-order valence-corrected chi connectivity index (χ1v) is 6.40. The normalized spacial score (nSPS) is 11.7. The van der Waals surface area contributed by atoms with Crippen LogP contribution in [0.2, 0.25) is 0 Å². The molecule has 0 spiro atoms. The maximum Gasteiger partial charge on any atom is 0.255 e. The number of carbonyl (C=O) groups is 2. The molecule has 5 nitrogen and oxygen atoms in total. The Morgan fingerprint density at radius 2 is 1.76 bits per heavy atom. The van der Waals surface area contributed by atoms with Crippen molar-refractivity contribution in [3.63, 3.8) is 0 Å². The van der Waals surface area contributed by atoms with Crippen molar-refractivity contribution in [1.82, 2.24) is 5.32 Å². The van der Waals surface area contributed by atoms with Crippen molar-refractivity contribution in [2.24, 2.45) is 0 Å². The third kappa shape index (κ3) is 3.02. The van der Waals surface area contributed by atoms with Gasteiger partial charge >= 0.3 is 0 Å². The molecule has 0 unspecified atom stereocenters. The molecule has 3 N–H and O–H groups in total. The fraction of sp³-hybridized carbons (Fsp3) is 0.125. The number of nitrogens with one attached hydrogen (secondary N) is 1. The first-order valence-electron chi connectivity index (χ1n) is 6.40. The highest BCUT2D eigenvalue weighted by Gasteiger charge is 2.18. The van der Waals surface area contributed by atoms with E-state index in [0.29, 0.717) is 6.29 Å². The average molecular weight is 285 g/mol. The Bertz CT molecular complexity index is 667. The zero-order chi connectivity index (χ0) is 15.4. The van der Waals surface area contributed by atoms with Crippen molar-refractivity contribution in [2.45, 2.75) is 13.0 Å². The summed E-state index contributed by atoms with van der Waals surface area (Å²) in [6.45, 7) is 1.81. The number of benzene rings is 2. The predicted molar refractivity (Wildman–Crippen MR) is 77.5 cm³/mol. The fourth-order valence-corrected chi connectivity index (χ4v) is 1.97. The van der Waals surface area contributed by atoms with E-state index in [1.165, 1.54) is 12.1 Å². The van der Waals surface area contributed by atoms with Crippen LogP contribution in [0.5, 0.6) is 11.5 Å². The molecule has 5 heteroatoms. The Hall–Kier alpha value is -2.82. The van der Waals surface area contributed by atoms with Gasteiger partial charge in [0, 0.05) is 0 Å². The van der Waals surface area contributed by atoms with Gasteiger partial charge in [-0.2, -0.15) is 0 Å². The maximum atomic E-state index is 12.1. The second kappa shape index (κ2) is 6.09. The second-order valence-corrected chi connectivity index (χ2v) is 4.62. The van der Waals surface area contributed by atoms with Gasteiger partial charge in [0.25, 0.3) is 5.91 Å². The molecule has 0 saturated heterocycles. The van der Waals surface area contributed by atoms with E-state index in [1.807, 2.05) is 37.3 Å². The van der Waals surface area contributed by atoms with Crippen LogP contribution >= 0.6 is 0 Å². The van der Waals surface area contributed by atoms with Crippen molar-refractivity contribution in [1.29, 1.82) is 0 Å². The maximum absolute atomic E-state index is 12.1. The Morgan fingerprint density at radius 1 is 1.10 bits per heavy atom. The molecule has 0 aromatic heterocycles. The second-order valence-electron chi connectivity index (χ2n) is 4.62. The van der Waals surface area contributed by atoms with Gasteiger partial charge in [-0.15, -0.1) is 0 Å². The van der Waals surface area contributed by atoms with E-state index in [9.17, 15) is 19.8 Å². The summed E-state index contributed by atoms with van der Waals surface area (Å²) in [5, 5.41) is 22.1. The molecule has 2 rings (SSSR count). The molecule has 0 fully saturated rings. The highest BCUT2D eigenvalue weighted by atomic mass is 16.3. The Labute approximate surface area is 121 Å². The number of hydrogen-bond donors (Lipinski definition) is 3. The van der Waals surface area contributed by atoms with Crippen LogP contribution in [0.1, 0.15) is 39.2 Å². The zero-order valence-electron chi connectivity index (χ0n) is 11.4. The van der Waals surface area contributed by atoms with E-state index in [0.717, 1.165) is 5.56 Å². The molecule has 2 aromatic rings. The number of phenolic OH excluding ortho intramolecular Hbond substituents is 2. The van der Waals surface area contributed by atoms with Crippen molar-refractivity contribution in [3.8, 4) is 11.5 Å². The topological polar surface area (TPSA) is 86.6 Å². The molecule has 0 radical (unpaired) electrons. The summed E-state index contributed by atoms with van der Waals surface area (Å²) in [4.78, 5) is 22.8. The van der Waals surface area contributed by atoms with Gasteiger partial charge in [0.1, 0.15) is 0 Å². The Kier molecular flexibility index (Phi) is 4.23. The molecule has 0 aliphatic carbocycles. The molecule has 0 bridgehead atoms. The standard InChI is InChI=1S/C16H15NO4/c1-10(11-5-3-2-4-6-11)17-16(21)13-8-7-12(9-18)14(19)15(13)20/h2-10,19-20H,1H3,(H,17,21)/t10-/m0/s1. The zero-order valence-corrected chi connectivity index (χ0v) is 11.4. The van der Waals surface area contributed by atoms with E-state index in [2.05, 4.69) is 5.32 Å². The molecule has 21 heavy (non-hydrogen) atoms. The van der Waals surface area contributed by atoms with Crippen molar-refractivity contribution in [2.75, 3.05) is 0 Å². The lowest BCUT2D eigenvalue weighted by Gasteiger charge is -2.15. The van der Waals surface area contributed by atoms with Crippen LogP contribution in [0.3, 0.4) is 0 Å². The Balaban J connectivity index is 2.21. The number of rotatable bonds is 4. The third-order valence-corrected chi connectivity index (χ3v) is 3.20. The van der Waals surface area contributed by atoms with Crippen LogP contribution in [0.25, 0.3) is 0 Å². The molecule has 0 aliphatic rings.